The van der Waals surface area contributed by atoms with Crippen LogP contribution >= 0.6 is 0 Å². The Hall–Kier alpha value is -1.71. The molecule has 0 saturated carbocycles. The molecular formula is C20H28N2O. The number of benzene rings is 1. The lowest BCUT2D eigenvalue weighted by Crippen LogP contribution is -2.45. The van der Waals surface area contributed by atoms with Gasteiger partial charge in [-0.25, -0.2) is 0 Å². The molecule has 2 rings (SSSR count). The summed E-state index contributed by atoms with van der Waals surface area (Å²) in [6, 6.07) is 16.4. The Kier molecular flexibility index (Phi) is 5.91. The number of aryl methyl sites for hydroxylation is 1. The zero-order chi connectivity index (χ0) is 16.9. The first-order valence-electron chi connectivity index (χ1n) is 8.24. The highest BCUT2D eigenvalue weighted by Gasteiger charge is 2.24. The van der Waals surface area contributed by atoms with Gasteiger partial charge in [0, 0.05) is 36.4 Å². The number of aliphatic hydroxyl groups is 1. The Morgan fingerprint density at radius 3 is 2.35 bits per heavy atom. The molecule has 1 heterocycles. The van der Waals surface area contributed by atoms with Gasteiger partial charge in [0.15, 0.2) is 0 Å². The van der Waals surface area contributed by atoms with Gasteiger partial charge < -0.3 is 5.11 Å². The van der Waals surface area contributed by atoms with Crippen LogP contribution in [0.1, 0.15) is 37.7 Å². The van der Waals surface area contributed by atoms with Crippen molar-refractivity contribution in [2.24, 2.45) is 0 Å². The quantitative estimate of drug-likeness (QED) is 0.885. The van der Waals surface area contributed by atoms with E-state index in [2.05, 4.69) is 54.9 Å². The van der Waals surface area contributed by atoms with E-state index in [0.29, 0.717) is 13.0 Å². The van der Waals surface area contributed by atoms with Crippen LogP contribution in [0.15, 0.2) is 48.5 Å². The predicted octanol–water partition coefficient (Wildman–Crippen LogP) is 3.59. The standard InChI is InChI=1S/C20H28N2O/c1-16-9-8-12-18(21-16)13-19(23)15-22(20(2,3)4)14-17-10-6-5-7-11-17/h5-12,19,23H,13-15H2,1-4H3/t19-/m1/s1. The van der Waals surface area contributed by atoms with Crippen LogP contribution < -0.4 is 0 Å². The Morgan fingerprint density at radius 2 is 1.74 bits per heavy atom. The number of hydrogen-bond acceptors (Lipinski definition) is 3. The number of aromatic nitrogens is 1. The van der Waals surface area contributed by atoms with Gasteiger partial charge >= 0.3 is 0 Å². The predicted molar refractivity (Wildman–Crippen MR) is 95.3 cm³/mol. The molecule has 1 aromatic heterocycles. The fourth-order valence-electron chi connectivity index (χ4n) is 2.65. The van der Waals surface area contributed by atoms with Gasteiger partial charge in [0.25, 0.3) is 0 Å². The van der Waals surface area contributed by atoms with Crippen molar-refractivity contribution in [3.8, 4) is 0 Å². The summed E-state index contributed by atoms with van der Waals surface area (Å²) in [5, 5.41) is 10.5. The van der Waals surface area contributed by atoms with Gasteiger partial charge in [-0.1, -0.05) is 36.4 Å². The maximum atomic E-state index is 10.5. The lowest BCUT2D eigenvalue weighted by Gasteiger charge is -2.37. The van der Waals surface area contributed by atoms with Crippen LogP contribution in [0.2, 0.25) is 0 Å². The third-order valence-corrected chi connectivity index (χ3v) is 3.99. The minimum atomic E-state index is -0.424. The summed E-state index contributed by atoms with van der Waals surface area (Å²) >= 11 is 0. The highest BCUT2D eigenvalue weighted by atomic mass is 16.3. The summed E-state index contributed by atoms with van der Waals surface area (Å²) in [7, 11) is 0. The fraction of sp³-hybridized carbons (Fsp3) is 0.450. The molecule has 0 spiro atoms. The molecule has 0 amide bonds. The molecule has 0 radical (unpaired) electrons. The second-order valence-corrected chi connectivity index (χ2v) is 7.17. The average molecular weight is 312 g/mol. The van der Waals surface area contributed by atoms with E-state index < -0.39 is 6.10 Å². The molecule has 0 saturated heterocycles. The second kappa shape index (κ2) is 7.71. The van der Waals surface area contributed by atoms with E-state index in [9.17, 15) is 5.11 Å². The first-order chi connectivity index (χ1) is 10.8. The number of hydrogen-bond donors (Lipinski definition) is 1. The lowest BCUT2D eigenvalue weighted by molar-refractivity contribution is 0.0525. The maximum Gasteiger partial charge on any atom is 0.0722 e. The molecule has 0 bridgehead atoms. The summed E-state index contributed by atoms with van der Waals surface area (Å²) < 4.78 is 0. The molecule has 0 aliphatic carbocycles. The van der Waals surface area contributed by atoms with Crippen LogP contribution in [-0.4, -0.2) is 33.2 Å². The fourth-order valence-corrected chi connectivity index (χ4v) is 2.65. The van der Waals surface area contributed by atoms with Crippen LogP contribution in [-0.2, 0) is 13.0 Å². The zero-order valence-electron chi connectivity index (χ0n) is 14.7. The van der Waals surface area contributed by atoms with Gasteiger partial charge in [-0.15, -0.1) is 0 Å². The summed E-state index contributed by atoms with van der Waals surface area (Å²) in [6.45, 7) is 10.0. The molecule has 0 aliphatic rings. The van der Waals surface area contributed by atoms with Gasteiger partial charge in [0.1, 0.15) is 0 Å². The van der Waals surface area contributed by atoms with Crippen molar-refractivity contribution in [3.05, 3.63) is 65.5 Å². The normalized spacial score (nSPS) is 13.3. The first-order valence-corrected chi connectivity index (χ1v) is 8.24. The Balaban J connectivity index is 2.02. The SMILES string of the molecule is Cc1cccc(C[C@@H](O)CN(Cc2ccccc2)C(C)(C)C)n1. The third kappa shape index (κ3) is 5.77. The average Bonchev–Trinajstić information content (AvgIpc) is 2.46. The van der Waals surface area contributed by atoms with Gasteiger partial charge in [-0.2, -0.15) is 0 Å². The number of nitrogens with zero attached hydrogens (tertiary/aromatic N) is 2. The maximum absolute atomic E-state index is 10.5. The van der Waals surface area contributed by atoms with Crippen molar-refractivity contribution >= 4 is 0 Å². The molecule has 23 heavy (non-hydrogen) atoms. The monoisotopic (exact) mass is 312 g/mol. The molecule has 1 N–H and O–H groups in total. The summed E-state index contributed by atoms with van der Waals surface area (Å²) in [5.41, 5.74) is 3.21. The molecule has 0 aliphatic heterocycles. The zero-order valence-corrected chi connectivity index (χ0v) is 14.7. The van der Waals surface area contributed by atoms with E-state index >= 15 is 0 Å². The van der Waals surface area contributed by atoms with E-state index in [4.69, 9.17) is 0 Å². The molecule has 3 heteroatoms. The van der Waals surface area contributed by atoms with Crippen molar-refractivity contribution < 1.29 is 5.11 Å². The number of rotatable bonds is 6. The van der Waals surface area contributed by atoms with Crippen molar-refractivity contribution in [3.63, 3.8) is 0 Å². The lowest BCUT2D eigenvalue weighted by atomic mass is 10.0. The number of aliphatic hydroxyl groups excluding tert-OH is 1. The van der Waals surface area contributed by atoms with Crippen molar-refractivity contribution in [2.45, 2.75) is 52.3 Å². The van der Waals surface area contributed by atoms with Crippen molar-refractivity contribution in [2.75, 3.05) is 6.54 Å². The summed E-state index contributed by atoms with van der Waals surface area (Å²) in [5.74, 6) is 0. The van der Waals surface area contributed by atoms with Crippen LogP contribution in [0.5, 0.6) is 0 Å². The number of pyridine rings is 1. The molecule has 124 valence electrons. The molecular weight excluding hydrogens is 284 g/mol. The molecule has 3 nitrogen and oxygen atoms in total. The Morgan fingerprint density at radius 1 is 1.04 bits per heavy atom. The topological polar surface area (TPSA) is 36.4 Å². The minimum Gasteiger partial charge on any atom is -0.391 e. The van der Waals surface area contributed by atoms with Crippen LogP contribution in [0.4, 0.5) is 0 Å². The molecule has 1 aromatic carbocycles. The highest BCUT2D eigenvalue weighted by molar-refractivity contribution is 5.15. The smallest absolute Gasteiger partial charge is 0.0722 e. The van der Waals surface area contributed by atoms with Gasteiger partial charge in [0.2, 0.25) is 0 Å². The van der Waals surface area contributed by atoms with Crippen molar-refractivity contribution in [1.29, 1.82) is 0 Å². The molecule has 1 atom stereocenters. The molecule has 2 aromatic rings. The summed E-state index contributed by atoms with van der Waals surface area (Å²) in [6.07, 6.45) is 0.163. The second-order valence-electron chi connectivity index (χ2n) is 7.17. The molecule has 0 unspecified atom stereocenters. The first kappa shape index (κ1) is 17.6. The van der Waals surface area contributed by atoms with Gasteiger partial charge in [0.05, 0.1) is 6.10 Å². The van der Waals surface area contributed by atoms with Gasteiger partial charge in [-0.05, 0) is 45.4 Å². The van der Waals surface area contributed by atoms with E-state index in [1.54, 1.807) is 0 Å². The minimum absolute atomic E-state index is 0.00312. The Bertz CT molecular complexity index is 605. The Labute approximate surface area is 140 Å². The third-order valence-electron chi connectivity index (χ3n) is 3.99. The van der Waals surface area contributed by atoms with Crippen LogP contribution in [0, 0.1) is 6.92 Å². The largest absolute Gasteiger partial charge is 0.391 e. The van der Waals surface area contributed by atoms with E-state index in [1.807, 2.05) is 31.2 Å². The summed E-state index contributed by atoms with van der Waals surface area (Å²) in [4.78, 5) is 6.81. The van der Waals surface area contributed by atoms with E-state index in [1.165, 1.54) is 5.56 Å². The number of β-amino-alcohol motifs (C(OH)–C–C–N with tert-alkyl or cyclic N) is 1. The van der Waals surface area contributed by atoms with Crippen molar-refractivity contribution in [1.82, 2.24) is 9.88 Å². The van der Waals surface area contributed by atoms with E-state index in [0.717, 1.165) is 17.9 Å². The highest BCUT2D eigenvalue weighted by Crippen LogP contribution is 2.18. The van der Waals surface area contributed by atoms with Gasteiger partial charge in [-0.3, -0.25) is 9.88 Å². The molecule has 0 fully saturated rings. The van der Waals surface area contributed by atoms with Crippen LogP contribution in [0.3, 0.4) is 0 Å². The van der Waals surface area contributed by atoms with E-state index in [-0.39, 0.29) is 5.54 Å². The van der Waals surface area contributed by atoms with Crippen LogP contribution in [0.25, 0.3) is 0 Å².